The van der Waals surface area contributed by atoms with Gasteiger partial charge < -0.3 is 9.73 Å². The summed E-state index contributed by atoms with van der Waals surface area (Å²) >= 11 is 5.81. The number of alkyl halides is 3. The van der Waals surface area contributed by atoms with Crippen molar-refractivity contribution in [3.8, 4) is 0 Å². The van der Waals surface area contributed by atoms with Crippen molar-refractivity contribution in [3.63, 3.8) is 0 Å². The SMILES string of the molecule is Cc1ccc(CNc2ccc(C(F)(F)F)cc2Cl)o1. The summed E-state index contributed by atoms with van der Waals surface area (Å²) < 4.78 is 42.7. The molecule has 0 fully saturated rings. The fraction of sp³-hybridized carbons (Fsp3) is 0.231. The number of nitrogens with one attached hydrogen (secondary N) is 1. The summed E-state index contributed by atoms with van der Waals surface area (Å²) in [5, 5.41) is 2.95. The highest BCUT2D eigenvalue weighted by atomic mass is 35.5. The quantitative estimate of drug-likeness (QED) is 0.872. The van der Waals surface area contributed by atoms with E-state index in [1.165, 1.54) is 6.07 Å². The van der Waals surface area contributed by atoms with Crippen LogP contribution in [0.25, 0.3) is 0 Å². The van der Waals surface area contributed by atoms with Gasteiger partial charge in [-0.15, -0.1) is 0 Å². The van der Waals surface area contributed by atoms with Gasteiger partial charge in [-0.3, -0.25) is 0 Å². The molecule has 1 N–H and O–H groups in total. The van der Waals surface area contributed by atoms with Gasteiger partial charge in [-0.25, -0.2) is 0 Å². The number of anilines is 1. The molecule has 0 saturated heterocycles. The van der Waals surface area contributed by atoms with Gasteiger partial charge in [0.2, 0.25) is 0 Å². The molecule has 0 spiro atoms. The Morgan fingerprint density at radius 2 is 1.95 bits per heavy atom. The first-order valence-corrected chi connectivity index (χ1v) is 5.90. The molecule has 1 aromatic carbocycles. The smallest absolute Gasteiger partial charge is 0.416 e. The molecule has 0 amide bonds. The van der Waals surface area contributed by atoms with E-state index in [1.807, 2.05) is 13.0 Å². The summed E-state index contributed by atoms with van der Waals surface area (Å²) in [4.78, 5) is 0. The molecule has 0 bridgehead atoms. The minimum atomic E-state index is -4.39. The maximum atomic E-state index is 12.5. The van der Waals surface area contributed by atoms with E-state index >= 15 is 0 Å². The van der Waals surface area contributed by atoms with Crippen LogP contribution in [0.5, 0.6) is 0 Å². The number of benzene rings is 1. The topological polar surface area (TPSA) is 25.2 Å². The van der Waals surface area contributed by atoms with E-state index in [1.54, 1.807) is 6.07 Å². The van der Waals surface area contributed by atoms with Gasteiger partial charge in [0.25, 0.3) is 0 Å². The molecule has 0 radical (unpaired) electrons. The van der Waals surface area contributed by atoms with Gasteiger partial charge >= 0.3 is 6.18 Å². The molecule has 0 unspecified atom stereocenters. The van der Waals surface area contributed by atoms with Crippen molar-refractivity contribution in [1.29, 1.82) is 0 Å². The van der Waals surface area contributed by atoms with Crippen LogP contribution >= 0.6 is 11.6 Å². The zero-order chi connectivity index (χ0) is 14.0. The van der Waals surface area contributed by atoms with Crippen LogP contribution in [-0.2, 0) is 12.7 Å². The molecule has 2 rings (SSSR count). The highest BCUT2D eigenvalue weighted by Crippen LogP contribution is 2.33. The van der Waals surface area contributed by atoms with Crippen molar-refractivity contribution in [2.45, 2.75) is 19.6 Å². The van der Waals surface area contributed by atoms with Crippen LogP contribution < -0.4 is 5.32 Å². The van der Waals surface area contributed by atoms with Crippen LogP contribution in [0.1, 0.15) is 17.1 Å². The molecule has 2 aromatic rings. The second-order valence-corrected chi connectivity index (χ2v) is 4.47. The van der Waals surface area contributed by atoms with E-state index in [4.69, 9.17) is 16.0 Å². The van der Waals surface area contributed by atoms with Gasteiger partial charge in [-0.05, 0) is 37.3 Å². The van der Waals surface area contributed by atoms with E-state index < -0.39 is 11.7 Å². The largest absolute Gasteiger partial charge is 0.465 e. The second-order valence-electron chi connectivity index (χ2n) is 4.06. The molecule has 0 aliphatic rings. The third-order valence-electron chi connectivity index (χ3n) is 2.55. The first-order valence-electron chi connectivity index (χ1n) is 5.52. The molecule has 0 aliphatic heterocycles. The first kappa shape index (κ1) is 13.8. The van der Waals surface area contributed by atoms with E-state index in [0.717, 1.165) is 17.9 Å². The molecule has 6 heteroatoms. The van der Waals surface area contributed by atoms with Crippen LogP contribution in [0, 0.1) is 6.92 Å². The van der Waals surface area contributed by atoms with Gasteiger partial charge in [0, 0.05) is 0 Å². The molecule has 102 valence electrons. The molecule has 0 atom stereocenters. The Hall–Kier alpha value is -1.62. The molecule has 19 heavy (non-hydrogen) atoms. The maximum absolute atomic E-state index is 12.5. The van der Waals surface area contributed by atoms with Crippen molar-refractivity contribution in [1.82, 2.24) is 0 Å². The lowest BCUT2D eigenvalue weighted by Crippen LogP contribution is -2.06. The summed E-state index contributed by atoms with van der Waals surface area (Å²) in [6.45, 7) is 2.17. The lowest BCUT2D eigenvalue weighted by Gasteiger charge is -2.11. The van der Waals surface area contributed by atoms with Crippen LogP contribution in [-0.4, -0.2) is 0 Å². The van der Waals surface area contributed by atoms with Crippen molar-refractivity contribution in [3.05, 3.63) is 52.4 Å². The lowest BCUT2D eigenvalue weighted by atomic mass is 10.2. The average molecular weight is 290 g/mol. The highest BCUT2D eigenvalue weighted by molar-refractivity contribution is 6.33. The maximum Gasteiger partial charge on any atom is 0.416 e. The van der Waals surface area contributed by atoms with E-state index in [-0.39, 0.29) is 5.02 Å². The third-order valence-corrected chi connectivity index (χ3v) is 2.86. The molecule has 0 aliphatic carbocycles. The Balaban J connectivity index is 2.09. The zero-order valence-corrected chi connectivity index (χ0v) is 10.8. The number of rotatable bonds is 3. The predicted molar refractivity (Wildman–Crippen MR) is 67.2 cm³/mol. The first-order chi connectivity index (χ1) is 8.86. The molecule has 2 nitrogen and oxygen atoms in total. The van der Waals surface area contributed by atoms with E-state index in [0.29, 0.717) is 18.0 Å². The van der Waals surface area contributed by atoms with Crippen molar-refractivity contribution in [2.24, 2.45) is 0 Å². The monoisotopic (exact) mass is 289 g/mol. The summed E-state index contributed by atoms with van der Waals surface area (Å²) in [6, 6.07) is 6.80. The van der Waals surface area contributed by atoms with Crippen molar-refractivity contribution >= 4 is 17.3 Å². The molecule has 1 heterocycles. The Labute approximate surface area is 113 Å². The number of hydrogen-bond acceptors (Lipinski definition) is 2. The fourth-order valence-electron chi connectivity index (χ4n) is 1.60. The Kier molecular flexibility index (Phi) is 3.75. The van der Waals surface area contributed by atoms with E-state index in [9.17, 15) is 13.2 Å². The number of hydrogen-bond donors (Lipinski definition) is 1. The summed E-state index contributed by atoms with van der Waals surface area (Å²) in [7, 11) is 0. The van der Waals surface area contributed by atoms with Gasteiger partial charge in [0.15, 0.2) is 0 Å². The Bertz CT molecular complexity index is 578. The van der Waals surface area contributed by atoms with Crippen LogP contribution in [0.4, 0.5) is 18.9 Å². The summed E-state index contributed by atoms with van der Waals surface area (Å²) in [6.07, 6.45) is -4.39. The second kappa shape index (κ2) is 5.17. The Morgan fingerprint density at radius 3 is 2.47 bits per heavy atom. The van der Waals surface area contributed by atoms with E-state index in [2.05, 4.69) is 5.32 Å². The normalized spacial score (nSPS) is 11.6. The van der Waals surface area contributed by atoms with Crippen LogP contribution in [0.3, 0.4) is 0 Å². The van der Waals surface area contributed by atoms with Crippen LogP contribution in [0.15, 0.2) is 34.7 Å². The third kappa shape index (κ3) is 3.44. The molecular formula is C13H11ClF3NO. The Morgan fingerprint density at radius 1 is 1.21 bits per heavy atom. The predicted octanol–water partition coefficient (Wildman–Crippen LogP) is 4.87. The van der Waals surface area contributed by atoms with Crippen molar-refractivity contribution < 1.29 is 17.6 Å². The minimum Gasteiger partial charge on any atom is -0.465 e. The van der Waals surface area contributed by atoms with Gasteiger partial charge in [0.05, 0.1) is 22.8 Å². The summed E-state index contributed by atoms with van der Waals surface area (Å²) in [5.74, 6) is 1.46. The van der Waals surface area contributed by atoms with Gasteiger partial charge in [-0.1, -0.05) is 11.6 Å². The van der Waals surface area contributed by atoms with Gasteiger partial charge in [0.1, 0.15) is 11.5 Å². The molecule has 0 saturated carbocycles. The van der Waals surface area contributed by atoms with Gasteiger partial charge in [-0.2, -0.15) is 13.2 Å². The summed E-state index contributed by atoms with van der Waals surface area (Å²) in [5.41, 5.74) is -0.333. The number of halogens is 4. The van der Waals surface area contributed by atoms with Crippen molar-refractivity contribution in [2.75, 3.05) is 5.32 Å². The minimum absolute atomic E-state index is 0.0260. The highest BCUT2D eigenvalue weighted by Gasteiger charge is 2.30. The standard InChI is InChI=1S/C13H11ClF3NO/c1-8-2-4-10(19-8)7-18-12-5-3-9(6-11(12)14)13(15,16)17/h2-6,18H,7H2,1H3. The average Bonchev–Trinajstić information content (AvgIpc) is 2.72. The molecular weight excluding hydrogens is 279 g/mol. The van der Waals surface area contributed by atoms with Crippen LogP contribution in [0.2, 0.25) is 5.02 Å². The fourth-order valence-corrected chi connectivity index (χ4v) is 1.84. The lowest BCUT2D eigenvalue weighted by molar-refractivity contribution is -0.137. The molecule has 1 aromatic heterocycles. The zero-order valence-electron chi connectivity index (χ0n) is 10.0. The number of furan rings is 1. The number of aryl methyl sites for hydroxylation is 1.